The number of aliphatic carboxylic acids is 1. The standard InChI is InChI=1S/C10H17NO4S/c1-10(3-2-4-15-10)7-11-8(12)5-16-6-9(13)14/h2-7H2,1H3,(H,11,12)(H,13,14). The predicted octanol–water partition coefficient (Wildman–Crippen LogP) is 0.489. The van der Waals surface area contributed by atoms with Crippen LogP contribution in [0, 0.1) is 0 Å². The van der Waals surface area contributed by atoms with Gasteiger partial charge in [0.25, 0.3) is 0 Å². The molecule has 1 saturated heterocycles. The number of nitrogens with one attached hydrogen (secondary N) is 1. The first kappa shape index (κ1) is 13.3. The molecule has 1 aliphatic heterocycles. The van der Waals surface area contributed by atoms with Gasteiger partial charge in [-0.05, 0) is 19.8 Å². The molecular formula is C10H17NO4S. The van der Waals surface area contributed by atoms with Crippen LogP contribution in [0.4, 0.5) is 0 Å². The van der Waals surface area contributed by atoms with E-state index in [1.54, 1.807) is 0 Å². The lowest BCUT2D eigenvalue weighted by atomic mass is 10.0. The summed E-state index contributed by atoms with van der Waals surface area (Å²) in [6, 6.07) is 0. The SMILES string of the molecule is CC1(CNC(=O)CSCC(=O)O)CCCO1. The van der Waals surface area contributed by atoms with Gasteiger partial charge in [-0.25, -0.2) is 0 Å². The molecule has 1 fully saturated rings. The van der Waals surface area contributed by atoms with Crippen LogP contribution in [-0.2, 0) is 14.3 Å². The molecule has 1 heterocycles. The maximum Gasteiger partial charge on any atom is 0.313 e. The molecule has 5 nitrogen and oxygen atoms in total. The fraction of sp³-hybridized carbons (Fsp3) is 0.800. The first-order valence-electron chi connectivity index (χ1n) is 5.22. The summed E-state index contributed by atoms with van der Waals surface area (Å²) < 4.78 is 5.52. The van der Waals surface area contributed by atoms with Crippen molar-refractivity contribution >= 4 is 23.6 Å². The molecule has 1 atom stereocenters. The van der Waals surface area contributed by atoms with Gasteiger partial charge in [0.05, 0.1) is 17.1 Å². The maximum absolute atomic E-state index is 11.3. The number of hydrogen-bond donors (Lipinski definition) is 2. The van der Waals surface area contributed by atoms with Crippen LogP contribution in [0.5, 0.6) is 0 Å². The molecule has 1 unspecified atom stereocenters. The number of ether oxygens (including phenoxy) is 1. The summed E-state index contributed by atoms with van der Waals surface area (Å²) in [5.41, 5.74) is -0.243. The Balaban J connectivity index is 2.12. The molecule has 0 aliphatic carbocycles. The first-order chi connectivity index (χ1) is 7.52. The Morgan fingerprint density at radius 3 is 2.81 bits per heavy atom. The van der Waals surface area contributed by atoms with Crippen molar-refractivity contribution in [1.82, 2.24) is 5.32 Å². The van der Waals surface area contributed by atoms with Gasteiger partial charge in [0.15, 0.2) is 0 Å². The van der Waals surface area contributed by atoms with E-state index in [0.717, 1.165) is 31.2 Å². The Morgan fingerprint density at radius 1 is 1.50 bits per heavy atom. The van der Waals surface area contributed by atoms with Crippen LogP contribution in [0.25, 0.3) is 0 Å². The van der Waals surface area contributed by atoms with E-state index in [9.17, 15) is 9.59 Å². The van der Waals surface area contributed by atoms with E-state index < -0.39 is 5.97 Å². The molecule has 92 valence electrons. The summed E-state index contributed by atoms with van der Waals surface area (Å²) in [5.74, 6) is -0.893. The van der Waals surface area contributed by atoms with Gasteiger partial charge in [0, 0.05) is 13.2 Å². The van der Waals surface area contributed by atoms with E-state index in [2.05, 4.69) is 5.32 Å². The molecule has 0 radical (unpaired) electrons. The van der Waals surface area contributed by atoms with E-state index in [1.165, 1.54) is 0 Å². The summed E-state index contributed by atoms with van der Waals surface area (Å²) in [6.07, 6.45) is 1.98. The van der Waals surface area contributed by atoms with E-state index >= 15 is 0 Å². The molecule has 0 aromatic rings. The summed E-state index contributed by atoms with van der Waals surface area (Å²) in [6.45, 7) is 3.23. The normalized spacial score (nSPS) is 24.3. The Morgan fingerprint density at radius 2 is 2.25 bits per heavy atom. The Kier molecular flexibility index (Phi) is 5.08. The van der Waals surface area contributed by atoms with Crippen molar-refractivity contribution in [3.05, 3.63) is 0 Å². The lowest BCUT2D eigenvalue weighted by Crippen LogP contribution is -2.40. The molecule has 1 amide bonds. The van der Waals surface area contributed by atoms with Gasteiger partial charge in [0.1, 0.15) is 0 Å². The van der Waals surface area contributed by atoms with Gasteiger partial charge < -0.3 is 15.2 Å². The minimum Gasteiger partial charge on any atom is -0.481 e. The van der Waals surface area contributed by atoms with Gasteiger partial charge in [-0.2, -0.15) is 0 Å². The zero-order valence-electron chi connectivity index (χ0n) is 9.32. The third-order valence-corrected chi connectivity index (χ3v) is 3.34. The summed E-state index contributed by atoms with van der Waals surface area (Å²) in [7, 11) is 0. The van der Waals surface area contributed by atoms with E-state index in [4.69, 9.17) is 9.84 Å². The zero-order valence-corrected chi connectivity index (χ0v) is 10.1. The van der Waals surface area contributed by atoms with E-state index in [-0.39, 0.29) is 23.0 Å². The van der Waals surface area contributed by atoms with Gasteiger partial charge in [-0.15, -0.1) is 11.8 Å². The third-order valence-electron chi connectivity index (χ3n) is 2.42. The van der Waals surface area contributed by atoms with Crippen LogP contribution >= 0.6 is 11.8 Å². The van der Waals surface area contributed by atoms with Crippen molar-refractivity contribution in [1.29, 1.82) is 0 Å². The van der Waals surface area contributed by atoms with Crippen molar-refractivity contribution in [3.63, 3.8) is 0 Å². The predicted molar refractivity (Wildman–Crippen MR) is 61.6 cm³/mol. The molecule has 2 N–H and O–H groups in total. The van der Waals surface area contributed by atoms with Crippen molar-refractivity contribution < 1.29 is 19.4 Å². The van der Waals surface area contributed by atoms with Crippen LogP contribution < -0.4 is 5.32 Å². The van der Waals surface area contributed by atoms with E-state index in [0.29, 0.717) is 6.54 Å². The lowest BCUT2D eigenvalue weighted by Gasteiger charge is -2.23. The topological polar surface area (TPSA) is 75.6 Å². The number of amides is 1. The van der Waals surface area contributed by atoms with E-state index in [1.807, 2.05) is 6.92 Å². The molecule has 16 heavy (non-hydrogen) atoms. The molecule has 0 aromatic carbocycles. The maximum atomic E-state index is 11.3. The quantitative estimate of drug-likeness (QED) is 0.714. The van der Waals surface area contributed by atoms with Crippen molar-refractivity contribution in [3.8, 4) is 0 Å². The Bertz CT molecular complexity index is 264. The third kappa shape index (κ3) is 4.85. The second kappa shape index (κ2) is 6.10. The minimum absolute atomic E-state index is 0.0405. The number of hydrogen-bond acceptors (Lipinski definition) is 4. The highest BCUT2D eigenvalue weighted by molar-refractivity contribution is 8.00. The highest BCUT2D eigenvalue weighted by Crippen LogP contribution is 2.23. The summed E-state index contributed by atoms with van der Waals surface area (Å²) in [5, 5.41) is 11.2. The Labute approximate surface area is 98.9 Å². The fourth-order valence-electron chi connectivity index (χ4n) is 1.54. The van der Waals surface area contributed by atoms with Gasteiger partial charge in [0.2, 0.25) is 5.91 Å². The van der Waals surface area contributed by atoms with Crippen LogP contribution in [0.15, 0.2) is 0 Å². The van der Waals surface area contributed by atoms with Gasteiger partial charge in [-0.3, -0.25) is 9.59 Å². The van der Waals surface area contributed by atoms with Crippen LogP contribution in [0.3, 0.4) is 0 Å². The van der Waals surface area contributed by atoms with Crippen LogP contribution in [0.2, 0.25) is 0 Å². The van der Waals surface area contributed by atoms with Crippen molar-refractivity contribution in [2.45, 2.75) is 25.4 Å². The fourth-order valence-corrected chi connectivity index (χ4v) is 2.11. The van der Waals surface area contributed by atoms with Crippen molar-refractivity contribution in [2.75, 3.05) is 24.7 Å². The highest BCUT2D eigenvalue weighted by Gasteiger charge is 2.29. The molecule has 1 rings (SSSR count). The average molecular weight is 247 g/mol. The van der Waals surface area contributed by atoms with Gasteiger partial charge >= 0.3 is 5.97 Å². The number of carboxylic acid groups (broad SMARTS) is 1. The molecule has 1 aliphatic rings. The lowest BCUT2D eigenvalue weighted by molar-refractivity contribution is -0.133. The van der Waals surface area contributed by atoms with Crippen molar-refractivity contribution in [2.24, 2.45) is 0 Å². The Hall–Kier alpha value is -0.750. The number of carboxylic acids is 1. The number of rotatable bonds is 6. The molecule has 0 bridgehead atoms. The monoisotopic (exact) mass is 247 g/mol. The summed E-state index contributed by atoms with van der Waals surface area (Å²) in [4.78, 5) is 21.6. The average Bonchev–Trinajstić information content (AvgIpc) is 2.62. The molecule has 0 aromatic heterocycles. The largest absolute Gasteiger partial charge is 0.481 e. The zero-order chi connectivity index (χ0) is 12.0. The highest BCUT2D eigenvalue weighted by atomic mass is 32.2. The second-order valence-electron chi connectivity index (χ2n) is 4.07. The molecule has 6 heteroatoms. The van der Waals surface area contributed by atoms with Crippen LogP contribution in [0.1, 0.15) is 19.8 Å². The summed E-state index contributed by atoms with van der Waals surface area (Å²) >= 11 is 1.10. The number of carbonyl (C=O) groups is 2. The molecule has 0 saturated carbocycles. The molecule has 0 spiro atoms. The number of thioether (sulfide) groups is 1. The molecular weight excluding hydrogens is 230 g/mol. The first-order valence-corrected chi connectivity index (χ1v) is 6.37. The smallest absolute Gasteiger partial charge is 0.313 e. The number of carbonyl (C=O) groups excluding carboxylic acids is 1. The minimum atomic E-state index is -0.899. The van der Waals surface area contributed by atoms with Gasteiger partial charge in [-0.1, -0.05) is 0 Å². The second-order valence-corrected chi connectivity index (χ2v) is 5.05. The van der Waals surface area contributed by atoms with Crippen LogP contribution in [-0.4, -0.2) is 47.2 Å².